The van der Waals surface area contributed by atoms with Crippen LogP contribution in [-0.2, 0) is 6.61 Å². The molecular weight excluding hydrogens is 290 g/mol. The normalized spacial score (nSPS) is 9.76. The number of hydrazine groups is 1. The lowest BCUT2D eigenvalue weighted by Crippen LogP contribution is -2.30. The number of nitriles is 1. The van der Waals surface area contributed by atoms with E-state index in [1.165, 1.54) is 0 Å². The highest BCUT2D eigenvalue weighted by molar-refractivity contribution is 6.31. The predicted molar refractivity (Wildman–Crippen MR) is 78.6 cm³/mol. The molecule has 0 aromatic heterocycles. The van der Waals surface area contributed by atoms with Crippen molar-refractivity contribution in [2.75, 3.05) is 0 Å². The molecule has 0 radical (unpaired) electrons. The van der Waals surface area contributed by atoms with E-state index < -0.39 is 0 Å². The molecule has 106 valence electrons. The zero-order valence-electron chi connectivity index (χ0n) is 11.0. The molecule has 0 spiro atoms. The number of carbonyl (C=O) groups excluding carboxylic acids is 1. The Morgan fingerprint density at radius 1 is 1.33 bits per heavy atom. The van der Waals surface area contributed by atoms with Gasteiger partial charge in [0.2, 0.25) is 0 Å². The lowest BCUT2D eigenvalue weighted by atomic mass is 10.1. The van der Waals surface area contributed by atoms with Gasteiger partial charge in [0.25, 0.3) is 5.91 Å². The summed E-state index contributed by atoms with van der Waals surface area (Å²) in [5.41, 5.74) is 3.74. The van der Waals surface area contributed by atoms with Gasteiger partial charge in [-0.2, -0.15) is 5.26 Å². The maximum absolute atomic E-state index is 11.4. The molecule has 3 N–H and O–H groups in total. The molecule has 2 aromatic rings. The number of nitrogens with one attached hydrogen (secondary N) is 1. The van der Waals surface area contributed by atoms with Crippen LogP contribution in [0.3, 0.4) is 0 Å². The van der Waals surface area contributed by atoms with Crippen LogP contribution in [0.4, 0.5) is 0 Å². The van der Waals surface area contributed by atoms with Crippen molar-refractivity contribution in [3.8, 4) is 11.8 Å². The van der Waals surface area contributed by atoms with Gasteiger partial charge in [-0.3, -0.25) is 10.2 Å². The molecule has 0 fully saturated rings. The zero-order chi connectivity index (χ0) is 15.2. The monoisotopic (exact) mass is 301 g/mol. The minimum absolute atomic E-state index is 0.272. The predicted octanol–water partition coefficient (Wildman–Crippen LogP) is 2.39. The average Bonchev–Trinajstić information content (AvgIpc) is 2.52. The highest BCUT2D eigenvalue weighted by Gasteiger charge is 2.05. The first kappa shape index (κ1) is 14.9. The SMILES string of the molecule is N#Cc1ccc(OCc2cccc(C(=O)NN)c2)cc1Cl. The van der Waals surface area contributed by atoms with Crippen molar-refractivity contribution >= 4 is 17.5 Å². The number of benzene rings is 2. The number of rotatable bonds is 4. The van der Waals surface area contributed by atoms with E-state index in [1.807, 2.05) is 12.1 Å². The summed E-state index contributed by atoms with van der Waals surface area (Å²) in [5, 5.41) is 9.14. The van der Waals surface area contributed by atoms with Gasteiger partial charge < -0.3 is 4.74 Å². The standard InChI is InChI=1S/C15H12ClN3O2/c16-14-7-13(5-4-12(14)8-17)21-9-10-2-1-3-11(6-10)15(20)19-18/h1-7H,9,18H2,(H,19,20). The Morgan fingerprint density at radius 3 is 2.81 bits per heavy atom. The van der Waals surface area contributed by atoms with Gasteiger partial charge in [0, 0.05) is 11.6 Å². The van der Waals surface area contributed by atoms with Crippen molar-refractivity contribution in [2.24, 2.45) is 5.84 Å². The van der Waals surface area contributed by atoms with Crippen LogP contribution in [0.15, 0.2) is 42.5 Å². The molecule has 21 heavy (non-hydrogen) atoms. The summed E-state index contributed by atoms with van der Waals surface area (Å²) in [5.74, 6) is 5.28. The van der Waals surface area contributed by atoms with E-state index in [4.69, 9.17) is 27.4 Å². The van der Waals surface area contributed by atoms with E-state index in [9.17, 15) is 4.79 Å². The first-order chi connectivity index (χ1) is 10.1. The molecule has 0 aliphatic rings. The number of nitrogens with zero attached hydrogens (tertiary/aromatic N) is 1. The second-order valence-corrected chi connectivity index (χ2v) is 4.62. The molecule has 5 nitrogen and oxygen atoms in total. The summed E-state index contributed by atoms with van der Waals surface area (Å²) in [6.45, 7) is 0.272. The van der Waals surface area contributed by atoms with Crippen LogP contribution >= 0.6 is 11.6 Å². The van der Waals surface area contributed by atoms with Crippen LogP contribution in [0.25, 0.3) is 0 Å². The van der Waals surface area contributed by atoms with Gasteiger partial charge in [-0.1, -0.05) is 23.7 Å². The van der Waals surface area contributed by atoms with E-state index >= 15 is 0 Å². The molecule has 1 amide bonds. The molecule has 0 aliphatic carbocycles. The van der Waals surface area contributed by atoms with E-state index in [1.54, 1.807) is 36.4 Å². The molecular formula is C15H12ClN3O2. The zero-order valence-corrected chi connectivity index (χ0v) is 11.7. The first-order valence-corrected chi connectivity index (χ1v) is 6.44. The lowest BCUT2D eigenvalue weighted by Gasteiger charge is -2.08. The fraction of sp³-hybridized carbons (Fsp3) is 0.0667. The number of nitrogens with two attached hydrogens (primary N) is 1. The quantitative estimate of drug-likeness (QED) is 0.515. The molecule has 0 saturated carbocycles. The number of halogens is 1. The van der Waals surface area contributed by atoms with Crippen LogP contribution < -0.4 is 16.0 Å². The van der Waals surface area contributed by atoms with Crippen LogP contribution in [0.5, 0.6) is 5.75 Å². The Bertz CT molecular complexity index is 710. The minimum Gasteiger partial charge on any atom is -0.489 e. The van der Waals surface area contributed by atoms with Gasteiger partial charge in [0.1, 0.15) is 18.4 Å². The molecule has 0 bridgehead atoms. The Labute approximate surface area is 126 Å². The summed E-state index contributed by atoms with van der Waals surface area (Å²) in [6, 6.07) is 13.7. The number of carbonyl (C=O) groups is 1. The van der Waals surface area contributed by atoms with E-state index in [0.717, 1.165) is 5.56 Å². The Morgan fingerprint density at radius 2 is 2.14 bits per heavy atom. The summed E-state index contributed by atoms with van der Waals surface area (Å²) < 4.78 is 5.58. The number of amides is 1. The summed E-state index contributed by atoms with van der Waals surface area (Å²) in [7, 11) is 0. The Kier molecular flexibility index (Phi) is 4.77. The van der Waals surface area contributed by atoms with Gasteiger partial charge >= 0.3 is 0 Å². The highest BCUT2D eigenvalue weighted by Crippen LogP contribution is 2.22. The Hall–Kier alpha value is -2.55. The first-order valence-electron chi connectivity index (χ1n) is 6.06. The smallest absolute Gasteiger partial charge is 0.265 e. The van der Waals surface area contributed by atoms with Crippen LogP contribution in [0.2, 0.25) is 5.02 Å². The second-order valence-electron chi connectivity index (χ2n) is 4.22. The van der Waals surface area contributed by atoms with Crippen molar-refractivity contribution in [3.63, 3.8) is 0 Å². The number of nitrogen functional groups attached to an aromatic ring is 1. The van der Waals surface area contributed by atoms with Crippen molar-refractivity contribution in [1.82, 2.24) is 5.43 Å². The number of hydrogen-bond acceptors (Lipinski definition) is 4. The third kappa shape index (κ3) is 3.72. The van der Waals surface area contributed by atoms with Gasteiger partial charge in [-0.25, -0.2) is 5.84 Å². The molecule has 0 aliphatic heterocycles. The van der Waals surface area contributed by atoms with Gasteiger partial charge in [-0.15, -0.1) is 0 Å². The van der Waals surface area contributed by atoms with E-state index in [-0.39, 0.29) is 12.5 Å². The molecule has 0 saturated heterocycles. The van der Waals surface area contributed by atoms with E-state index in [2.05, 4.69) is 5.43 Å². The highest BCUT2D eigenvalue weighted by atomic mass is 35.5. The van der Waals surface area contributed by atoms with Crippen LogP contribution in [0, 0.1) is 11.3 Å². The van der Waals surface area contributed by atoms with Crippen molar-refractivity contribution in [3.05, 3.63) is 64.2 Å². The molecule has 0 unspecified atom stereocenters. The minimum atomic E-state index is -0.363. The van der Waals surface area contributed by atoms with Gasteiger partial charge in [-0.05, 0) is 29.8 Å². The van der Waals surface area contributed by atoms with Crippen molar-refractivity contribution in [1.29, 1.82) is 5.26 Å². The molecule has 0 atom stereocenters. The molecule has 2 rings (SSSR count). The topological polar surface area (TPSA) is 88.1 Å². The van der Waals surface area contributed by atoms with Crippen LogP contribution in [0.1, 0.15) is 21.5 Å². The van der Waals surface area contributed by atoms with Crippen LogP contribution in [-0.4, -0.2) is 5.91 Å². The fourth-order valence-corrected chi connectivity index (χ4v) is 1.94. The second kappa shape index (κ2) is 6.75. The summed E-state index contributed by atoms with van der Waals surface area (Å²) in [6.07, 6.45) is 0. The van der Waals surface area contributed by atoms with E-state index in [0.29, 0.717) is 21.9 Å². The van der Waals surface area contributed by atoms with Crippen molar-refractivity contribution in [2.45, 2.75) is 6.61 Å². The largest absolute Gasteiger partial charge is 0.489 e. The maximum Gasteiger partial charge on any atom is 0.265 e. The lowest BCUT2D eigenvalue weighted by molar-refractivity contribution is 0.0953. The molecule has 2 aromatic carbocycles. The number of hydrogen-bond donors (Lipinski definition) is 2. The number of ether oxygens (including phenoxy) is 1. The average molecular weight is 302 g/mol. The van der Waals surface area contributed by atoms with Gasteiger partial charge in [0.15, 0.2) is 0 Å². The van der Waals surface area contributed by atoms with Gasteiger partial charge in [0.05, 0.1) is 10.6 Å². The third-order valence-corrected chi connectivity index (χ3v) is 3.10. The maximum atomic E-state index is 11.4. The summed E-state index contributed by atoms with van der Waals surface area (Å²) in [4.78, 5) is 11.4. The summed E-state index contributed by atoms with van der Waals surface area (Å²) >= 11 is 5.93. The molecule has 6 heteroatoms. The molecule has 0 heterocycles. The Balaban J connectivity index is 2.08. The fourth-order valence-electron chi connectivity index (χ4n) is 1.73. The third-order valence-electron chi connectivity index (χ3n) is 2.79. The van der Waals surface area contributed by atoms with Crippen molar-refractivity contribution < 1.29 is 9.53 Å².